The van der Waals surface area contributed by atoms with Crippen LogP contribution in [0.5, 0.6) is 0 Å². The lowest BCUT2D eigenvalue weighted by Gasteiger charge is -2.08. The molecule has 3 rings (SSSR count). The van der Waals surface area contributed by atoms with Crippen molar-refractivity contribution in [2.45, 2.75) is 13.8 Å². The molecule has 2 aromatic carbocycles. The molecule has 3 N–H and O–H groups in total. The van der Waals surface area contributed by atoms with Crippen molar-refractivity contribution in [1.29, 1.82) is 0 Å². The Morgan fingerprint density at radius 3 is 2.32 bits per heavy atom. The second-order valence-electron chi connectivity index (χ2n) is 6.43. The highest BCUT2D eigenvalue weighted by Crippen LogP contribution is 2.17. The zero-order chi connectivity index (χ0) is 20.1. The minimum absolute atomic E-state index is 0.106. The first-order chi connectivity index (χ1) is 13.5. The van der Waals surface area contributed by atoms with Crippen LogP contribution in [0.1, 0.15) is 13.8 Å². The van der Waals surface area contributed by atoms with Crippen molar-refractivity contribution in [3.05, 3.63) is 83.6 Å². The van der Waals surface area contributed by atoms with Gasteiger partial charge in [-0.3, -0.25) is 4.79 Å². The Morgan fingerprint density at radius 1 is 1.04 bits per heavy atom. The Balaban J connectivity index is 1.98. The molecule has 0 aliphatic carbocycles. The molecule has 0 spiro atoms. The van der Waals surface area contributed by atoms with Crippen molar-refractivity contribution in [2.24, 2.45) is 0 Å². The fourth-order valence-corrected chi connectivity index (χ4v) is 2.97. The molecule has 142 valence electrons. The molecule has 28 heavy (non-hydrogen) atoms. The van der Waals surface area contributed by atoms with Crippen molar-refractivity contribution in [2.75, 3.05) is 10.6 Å². The third-order valence-corrected chi connectivity index (χ3v) is 4.21. The average Bonchev–Trinajstić information content (AvgIpc) is 3.07. The number of hydrogen-bond acceptors (Lipinski definition) is 2. The zero-order valence-electron chi connectivity index (χ0n) is 15.8. The first-order valence-electron chi connectivity index (χ1n) is 8.89. The van der Waals surface area contributed by atoms with E-state index in [-0.39, 0.29) is 11.7 Å². The van der Waals surface area contributed by atoms with E-state index in [0.717, 1.165) is 38.9 Å². The molecule has 5 heteroatoms. The quantitative estimate of drug-likeness (QED) is 0.632. The summed E-state index contributed by atoms with van der Waals surface area (Å²) < 4.78 is 13.6. The van der Waals surface area contributed by atoms with Gasteiger partial charge in [0, 0.05) is 45.8 Å². The van der Waals surface area contributed by atoms with Crippen LogP contribution in [-0.4, -0.2) is 10.9 Å². The number of nitrogens with one attached hydrogen (secondary N) is 3. The first-order valence-corrected chi connectivity index (χ1v) is 8.89. The molecule has 3 aromatic rings. The van der Waals surface area contributed by atoms with Crippen LogP contribution in [0.25, 0.3) is 23.0 Å². The van der Waals surface area contributed by atoms with E-state index in [1.165, 1.54) is 19.1 Å². The number of benzene rings is 2. The molecular formula is C23H22FN3O. The molecule has 1 heterocycles. The largest absolute Gasteiger partial charge is 0.359 e. The number of allylic oxidation sites excluding steroid dienone is 1. The number of amides is 1. The van der Waals surface area contributed by atoms with Gasteiger partial charge in [0.05, 0.1) is 0 Å². The molecule has 0 radical (unpaired) electrons. The van der Waals surface area contributed by atoms with Gasteiger partial charge in [-0.05, 0) is 55.5 Å². The van der Waals surface area contributed by atoms with Crippen molar-refractivity contribution >= 4 is 29.1 Å². The van der Waals surface area contributed by atoms with E-state index in [1.807, 2.05) is 49.4 Å². The van der Waals surface area contributed by atoms with E-state index in [4.69, 9.17) is 0 Å². The SMILES string of the molecule is C=C/C=c1/[nH]c(-c2cccc(F)c2)c/c1=C(/C)Nc1ccc(NC(C)=O)cc1. The molecule has 0 saturated carbocycles. The van der Waals surface area contributed by atoms with Gasteiger partial charge in [0.25, 0.3) is 0 Å². The van der Waals surface area contributed by atoms with Crippen LogP contribution < -0.4 is 21.2 Å². The molecule has 0 aliphatic rings. The Morgan fingerprint density at radius 2 is 1.71 bits per heavy atom. The predicted molar refractivity (Wildman–Crippen MR) is 114 cm³/mol. The highest BCUT2D eigenvalue weighted by Gasteiger charge is 2.05. The number of anilines is 2. The van der Waals surface area contributed by atoms with E-state index in [9.17, 15) is 9.18 Å². The minimum atomic E-state index is -0.277. The summed E-state index contributed by atoms with van der Waals surface area (Å²) in [6.07, 6.45) is 3.59. The number of hydrogen-bond donors (Lipinski definition) is 3. The maximum atomic E-state index is 13.6. The van der Waals surface area contributed by atoms with Gasteiger partial charge in [-0.2, -0.15) is 0 Å². The summed E-state index contributed by atoms with van der Waals surface area (Å²) in [5, 5.41) is 7.96. The Hall–Kier alpha value is -3.60. The lowest BCUT2D eigenvalue weighted by atomic mass is 10.1. The van der Waals surface area contributed by atoms with E-state index < -0.39 is 0 Å². The van der Waals surface area contributed by atoms with Crippen LogP contribution in [0.3, 0.4) is 0 Å². The van der Waals surface area contributed by atoms with Gasteiger partial charge >= 0.3 is 0 Å². The summed E-state index contributed by atoms with van der Waals surface area (Å²) in [6.45, 7) is 7.22. The Bertz CT molecular complexity index is 1130. The number of aromatic amines is 1. The molecule has 1 aromatic heterocycles. The summed E-state index contributed by atoms with van der Waals surface area (Å²) in [5.41, 5.74) is 4.16. The molecule has 1 amide bonds. The van der Waals surface area contributed by atoms with Gasteiger partial charge in [-0.1, -0.05) is 24.8 Å². The van der Waals surface area contributed by atoms with E-state index in [0.29, 0.717) is 0 Å². The van der Waals surface area contributed by atoms with Gasteiger partial charge < -0.3 is 15.6 Å². The lowest BCUT2D eigenvalue weighted by molar-refractivity contribution is -0.114. The fraction of sp³-hybridized carbons (Fsp3) is 0.0870. The van der Waals surface area contributed by atoms with Crippen LogP contribution in [0.4, 0.5) is 15.8 Å². The number of aromatic nitrogens is 1. The number of carbonyl (C=O) groups excluding carboxylic acids is 1. The molecular weight excluding hydrogens is 353 g/mol. The first kappa shape index (κ1) is 19.2. The second-order valence-corrected chi connectivity index (χ2v) is 6.43. The topological polar surface area (TPSA) is 56.9 Å². The maximum absolute atomic E-state index is 13.6. The zero-order valence-corrected chi connectivity index (χ0v) is 15.8. The number of halogens is 1. The number of H-pyrrole nitrogens is 1. The van der Waals surface area contributed by atoms with E-state index in [2.05, 4.69) is 22.2 Å². The molecule has 0 saturated heterocycles. The molecule has 0 unspecified atom stereocenters. The van der Waals surface area contributed by atoms with Gasteiger partial charge in [0.2, 0.25) is 5.91 Å². The van der Waals surface area contributed by atoms with E-state index >= 15 is 0 Å². The van der Waals surface area contributed by atoms with Crippen molar-refractivity contribution < 1.29 is 9.18 Å². The van der Waals surface area contributed by atoms with Crippen molar-refractivity contribution in [1.82, 2.24) is 4.98 Å². The minimum Gasteiger partial charge on any atom is -0.359 e. The fourth-order valence-electron chi connectivity index (χ4n) is 2.97. The van der Waals surface area contributed by atoms with Gasteiger partial charge in [0.1, 0.15) is 5.82 Å². The third kappa shape index (κ3) is 4.57. The molecule has 0 atom stereocenters. The van der Waals surface area contributed by atoms with Gasteiger partial charge in [-0.25, -0.2) is 4.39 Å². The monoisotopic (exact) mass is 375 g/mol. The van der Waals surface area contributed by atoms with Crippen molar-refractivity contribution in [3.8, 4) is 11.3 Å². The normalized spacial score (nSPS) is 12.5. The van der Waals surface area contributed by atoms with Crippen molar-refractivity contribution in [3.63, 3.8) is 0 Å². The van der Waals surface area contributed by atoms with Crippen LogP contribution in [0.2, 0.25) is 0 Å². The maximum Gasteiger partial charge on any atom is 0.221 e. The lowest BCUT2D eigenvalue weighted by Crippen LogP contribution is -2.26. The van der Waals surface area contributed by atoms with E-state index in [1.54, 1.807) is 12.1 Å². The highest BCUT2D eigenvalue weighted by atomic mass is 19.1. The summed E-state index contributed by atoms with van der Waals surface area (Å²) in [5.74, 6) is -0.383. The summed E-state index contributed by atoms with van der Waals surface area (Å²) in [6, 6.07) is 15.9. The predicted octanol–water partition coefficient (Wildman–Crippen LogP) is 3.99. The number of rotatable bonds is 5. The second kappa shape index (κ2) is 8.39. The molecule has 0 aliphatic heterocycles. The summed E-state index contributed by atoms with van der Waals surface area (Å²) >= 11 is 0. The average molecular weight is 375 g/mol. The molecule has 0 bridgehead atoms. The Kier molecular flexibility index (Phi) is 5.75. The third-order valence-electron chi connectivity index (χ3n) is 4.21. The molecule has 0 fully saturated rings. The van der Waals surface area contributed by atoms with Crippen LogP contribution in [0, 0.1) is 5.82 Å². The van der Waals surface area contributed by atoms with Gasteiger partial charge in [-0.15, -0.1) is 0 Å². The standard InChI is InChI=1S/C23H22FN3O/c1-4-6-22-21(14-23(27-22)17-7-5-8-18(24)13-17)15(2)25-19-9-11-20(12-10-19)26-16(3)28/h4-14,25,27H,1H2,2-3H3,(H,26,28)/b21-15+,22-6+. The highest BCUT2D eigenvalue weighted by molar-refractivity contribution is 5.88. The summed E-state index contributed by atoms with van der Waals surface area (Å²) in [7, 11) is 0. The van der Waals surface area contributed by atoms with Crippen LogP contribution in [0.15, 0.2) is 67.3 Å². The number of carbonyl (C=O) groups is 1. The molecule has 4 nitrogen and oxygen atoms in total. The summed E-state index contributed by atoms with van der Waals surface area (Å²) in [4.78, 5) is 14.5. The van der Waals surface area contributed by atoms with Crippen LogP contribution in [-0.2, 0) is 4.79 Å². The Labute approximate surface area is 163 Å². The van der Waals surface area contributed by atoms with Crippen LogP contribution >= 0.6 is 0 Å². The van der Waals surface area contributed by atoms with Gasteiger partial charge in [0.15, 0.2) is 0 Å². The smallest absolute Gasteiger partial charge is 0.221 e.